The van der Waals surface area contributed by atoms with Crippen LogP contribution in [0.2, 0.25) is 0 Å². The molecule has 0 spiro atoms. The lowest BCUT2D eigenvalue weighted by atomic mass is 9.90. The Kier molecular flexibility index (Phi) is 2.54. The predicted octanol–water partition coefficient (Wildman–Crippen LogP) is 1.94. The molecule has 1 atom stereocenters. The van der Waals surface area contributed by atoms with Crippen LogP contribution in [-0.4, -0.2) is 11.9 Å². The number of ether oxygens (including phenoxy) is 1. The van der Waals surface area contributed by atoms with Crippen LogP contribution in [0, 0.1) is 6.92 Å². The van der Waals surface area contributed by atoms with Crippen LogP contribution in [0.3, 0.4) is 0 Å². The number of cyclic esters (lactones) is 2. The molecule has 0 radical (unpaired) electrons. The van der Waals surface area contributed by atoms with Crippen LogP contribution in [0.5, 0.6) is 0 Å². The van der Waals surface area contributed by atoms with Crippen molar-refractivity contribution in [3.8, 4) is 0 Å². The van der Waals surface area contributed by atoms with Crippen LogP contribution in [0.4, 0.5) is 0 Å². The van der Waals surface area contributed by atoms with E-state index in [0.29, 0.717) is 12.8 Å². The summed E-state index contributed by atoms with van der Waals surface area (Å²) in [4.78, 5) is 22.4. The molecule has 1 fully saturated rings. The molecule has 1 aliphatic rings. The van der Waals surface area contributed by atoms with Crippen molar-refractivity contribution in [2.45, 2.75) is 25.7 Å². The Hall–Kier alpha value is -1.64. The third-order valence-electron chi connectivity index (χ3n) is 2.70. The number of rotatable bonds is 1. The summed E-state index contributed by atoms with van der Waals surface area (Å²) >= 11 is 0. The standard InChI is InChI=1S/C12H12O3/c1-8-4-2-3-5-9(8)10-6-7-11(13)15-12(10)14/h2-5,10H,6-7H2,1H3/t10-/m0/s1. The van der Waals surface area contributed by atoms with E-state index >= 15 is 0 Å². The van der Waals surface area contributed by atoms with E-state index in [1.54, 1.807) is 0 Å². The molecule has 0 saturated carbocycles. The number of esters is 2. The highest BCUT2D eigenvalue weighted by Crippen LogP contribution is 2.29. The average molecular weight is 204 g/mol. The van der Waals surface area contributed by atoms with Crippen molar-refractivity contribution < 1.29 is 14.3 Å². The van der Waals surface area contributed by atoms with Gasteiger partial charge in [0.25, 0.3) is 0 Å². The van der Waals surface area contributed by atoms with Crippen LogP contribution in [0.15, 0.2) is 24.3 Å². The zero-order valence-electron chi connectivity index (χ0n) is 8.53. The first-order valence-corrected chi connectivity index (χ1v) is 4.98. The number of hydrogen-bond donors (Lipinski definition) is 0. The highest BCUT2D eigenvalue weighted by atomic mass is 16.6. The second kappa shape index (κ2) is 3.85. The van der Waals surface area contributed by atoms with Crippen molar-refractivity contribution in [3.05, 3.63) is 35.4 Å². The summed E-state index contributed by atoms with van der Waals surface area (Å²) in [6.45, 7) is 1.96. The summed E-state index contributed by atoms with van der Waals surface area (Å²) in [7, 11) is 0. The lowest BCUT2D eigenvalue weighted by molar-refractivity contribution is -0.164. The predicted molar refractivity (Wildman–Crippen MR) is 54.3 cm³/mol. The second-order valence-electron chi connectivity index (χ2n) is 3.74. The van der Waals surface area contributed by atoms with E-state index < -0.39 is 11.9 Å². The number of carbonyl (C=O) groups is 2. The topological polar surface area (TPSA) is 43.4 Å². The van der Waals surface area contributed by atoms with Gasteiger partial charge in [0.2, 0.25) is 0 Å². The van der Waals surface area contributed by atoms with E-state index in [9.17, 15) is 9.59 Å². The van der Waals surface area contributed by atoms with Gasteiger partial charge in [0.05, 0.1) is 5.92 Å². The Bertz CT molecular complexity index is 409. The average Bonchev–Trinajstić information content (AvgIpc) is 2.20. The Morgan fingerprint density at radius 3 is 2.67 bits per heavy atom. The molecule has 0 N–H and O–H groups in total. The Morgan fingerprint density at radius 1 is 1.27 bits per heavy atom. The van der Waals surface area contributed by atoms with E-state index in [4.69, 9.17) is 0 Å². The van der Waals surface area contributed by atoms with Crippen LogP contribution < -0.4 is 0 Å². The molecule has 0 aliphatic carbocycles. The monoisotopic (exact) mass is 204 g/mol. The third-order valence-corrected chi connectivity index (χ3v) is 2.70. The van der Waals surface area contributed by atoms with Gasteiger partial charge in [-0.3, -0.25) is 9.59 Å². The Morgan fingerprint density at radius 2 is 2.00 bits per heavy atom. The highest BCUT2D eigenvalue weighted by molar-refractivity contribution is 5.92. The van der Waals surface area contributed by atoms with E-state index in [-0.39, 0.29) is 5.92 Å². The molecule has 1 heterocycles. The minimum absolute atomic E-state index is 0.274. The minimum atomic E-state index is -0.416. The van der Waals surface area contributed by atoms with Crippen molar-refractivity contribution in [2.24, 2.45) is 0 Å². The third kappa shape index (κ3) is 1.91. The van der Waals surface area contributed by atoms with Crippen LogP contribution >= 0.6 is 0 Å². The van der Waals surface area contributed by atoms with Gasteiger partial charge in [-0.25, -0.2) is 0 Å². The lowest BCUT2D eigenvalue weighted by Gasteiger charge is -2.21. The first kappa shape index (κ1) is 9.90. The smallest absolute Gasteiger partial charge is 0.321 e. The number of hydrogen-bond acceptors (Lipinski definition) is 3. The van der Waals surface area contributed by atoms with Crippen molar-refractivity contribution in [2.75, 3.05) is 0 Å². The van der Waals surface area contributed by atoms with Crippen LogP contribution in [-0.2, 0) is 14.3 Å². The van der Waals surface area contributed by atoms with Crippen molar-refractivity contribution >= 4 is 11.9 Å². The van der Waals surface area contributed by atoms with E-state index in [0.717, 1.165) is 11.1 Å². The molecule has 0 unspecified atom stereocenters. The molecule has 15 heavy (non-hydrogen) atoms. The van der Waals surface area contributed by atoms with Crippen LogP contribution in [0.1, 0.15) is 29.9 Å². The number of aryl methyl sites for hydroxylation is 1. The lowest BCUT2D eigenvalue weighted by Crippen LogP contribution is -2.26. The maximum atomic E-state index is 11.5. The molecule has 3 heteroatoms. The van der Waals surface area contributed by atoms with E-state index in [1.807, 2.05) is 31.2 Å². The zero-order chi connectivity index (χ0) is 10.8. The quantitative estimate of drug-likeness (QED) is 0.518. The van der Waals surface area contributed by atoms with Gasteiger partial charge in [-0.15, -0.1) is 0 Å². The summed E-state index contributed by atoms with van der Waals surface area (Å²) in [5, 5.41) is 0. The van der Waals surface area contributed by atoms with Gasteiger partial charge < -0.3 is 4.74 Å². The largest absolute Gasteiger partial charge is 0.393 e. The summed E-state index contributed by atoms with van der Waals surface area (Å²) in [5.41, 5.74) is 2.03. The first-order valence-electron chi connectivity index (χ1n) is 4.98. The van der Waals surface area contributed by atoms with Crippen molar-refractivity contribution in [3.63, 3.8) is 0 Å². The zero-order valence-corrected chi connectivity index (χ0v) is 8.53. The molecule has 1 aromatic carbocycles. The number of carbonyl (C=O) groups excluding carboxylic acids is 2. The maximum absolute atomic E-state index is 11.5. The first-order chi connectivity index (χ1) is 7.18. The molecule has 78 valence electrons. The van der Waals surface area contributed by atoms with Crippen LogP contribution in [0.25, 0.3) is 0 Å². The second-order valence-corrected chi connectivity index (χ2v) is 3.74. The Labute approximate surface area is 88.1 Å². The summed E-state index contributed by atoms with van der Waals surface area (Å²) in [6, 6.07) is 7.69. The maximum Gasteiger partial charge on any atom is 0.321 e. The molecule has 0 aromatic heterocycles. The van der Waals surface area contributed by atoms with Gasteiger partial charge in [0, 0.05) is 6.42 Å². The fraction of sp³-hybridized carbons (Fsp3) is 0.333. The van der Waals surface area contributed by atoms with Gasteiger partial charge in [-0.2, -0.15) is 0 Å². The molecule has 1 aromatic rings. The molecule has 3 nitrogen and oxygen atoms in total. The molecule has 1 saturated heterocycles. The molecular weight excluding hydrogens is 192 g/mol. The van der Waals surface area contributed by atoms with E-state index in [2.05, 4.69) is 4.74 Å². The molecule has 0 amide bonds. The SMILES string of the molecule is Cc1ccccc1[C@@H]1CCC(=O)OC1=O. The fourth-order valence-corrected chi connectivity index (χ4v) is 1.87. The summed E-state index contributed by atoms with van der Waals surface area (Å²) < 4.78 is 4.63. The summed E-state index contributed by atoms with van der Waals surface area (Å²) in [6.07, 6.45) is 0.882. The summed E-state index contributed by atoms with van der Waals surface area (Å²) in [5.74, 6) is -1.10. The normalized spacial score (nSPS) is 21.3. The molecule has 2 rings (SSSR count). The van der Waals surface area contributed by atoms with Crippen molar-refractivity contribution in [1.29, 1.82) is 0 Å². The Balaban J connectivity index is 2.28. The fourth-order valence-electron chi connectivity index (χ4n) is 1.87. The van der Waals surface area contributed by atoms with E-state index in [1.165, 1.54) is 0 Å². The molecule has 0 bridgehead atoms. The van der Waals surface area contributed by atoms with Gasteiger partial charge in [-0.1, -0.05) is 24.3 Å². The minimum Gasteiger partial charge on any atom is -0.393 e. The van der Waals surface area contributed by atoms with Gasteiger partial charge in [0.15, 0.2) is 0 Å². The van der Waals surface area contributed by atoms with Gasteiger partial charge in [0.1, 0.15) is 0 Å². The molecule has 1 aliphatic heterocycles. The van der Waals surface area contributed by atoms with Gasteiger partial charge >= 0.3 is 11.9 Å². The molecular formula is C12H12O3. The highest BCUT2D eigenvalue weighted by Gasteiger charge is 2.30. The van der Waals surface area contributed by atoms with Gasteiger partial charge in [-0.05, 0) is 24.5 Å². The van der Waals surface area contributed by atoms with Crippen molar-refractivity contribution in [1.82, 2.24) is 0 Å². The number of benzene rings is 1.